The van der Waals surface area contributed by atoms with Crippen molar-refractivity contribution in [2.75, 3.05) is 0 Å². The normalized spacial score (nSPS) is 8.57. The second kappa shape index (κ2) is 5.41. The van der Waals surface area contributed by atoms with Crippen LogP contribution in [-0.2, 0) is 0 Å². The van der Waals surface area contributed by atoms with E-state index in [1.165, 1.54) is 12.4 Å². The highest BCUT2D eigenvalue weighted by Gasteiger charge is 2.01. The number of aromatic nitrogens is 4. The molecule has 0 spiro atoms. The van der Waals surface area contributed by atoms with E-state index in [2.05, 4.69) is 19.9 Å². The number of H-pyrrole nitrogens is 1. The maximum atomic E-state index is 10.1. The fraction of sp³-hybridized carbons (Fsp3) is 0. The second-order valence-electron chi connectivity index (χ2n) is 2.14. The van der Waals surface area contributed by atoms with Crippen molar-refractivity contribution in [2.45, 2.75) is 0 Å². The Morgan fingerprint density at radius 2 is 2.00 bits per heavy atom. The third-order valence-corrected chi connectivity index (χ3v) is 1.16. The van der Waals surface area contributed by atoms with Crippen LogP contribution in [-0.4, -0.2) is 31.0 Å². The first kappa shape index (κ1) is 9.85. The highest BCUT2D eigenvalue weighted by molar-refractivity contribution is 5.82. The molecule has 6 nitrogen and oxygen atoms in total. The molecule has 14 heavy (non-hydrogen) atoms. The van der Waals surface area contributed by atoms with E-state index in [0.717, 1.165) is 0 Å². The quantitative estimate of drug-likeness (QED) is 0.689. The molecule has 2 aromatic rings. The van der Waals surface area contributed by atoms with Gasteiger partial charge in [-0.15, -0.1) is 0 Å². The summed E-state index contributed by atoms with van der Waals surface area (Å²) in [7, 11) is 0. The van der Waals surface area contributed by atoms with Gasteiger partial charge in [-0.1, -0.05) is 0 Å². The lowest BCUT2D eigenvalue weighted by Crippen LogP contribution is -2.01. The molecule has 2 aromatic heterocycles. The summed E-state index contributed by atoms with van der Waals surface area (Å²) >= 11 is 0. The van der Waals surface area contributed by atoms with Crippen LogP contribution in [0, 0.1) is 0 Å². The van der Waals surface area contributed by atoms with Crippen LogP contribution < -0.4 is 0 Å². The van der Waals surface area contributed by atoms with Crippen LogP contribution in [0.3, 0.4) is 0 Å². The zero-order valence-corrected chi connectivity index (χ0v) is 7.16. The lowest BCUT2D eigenvalue weighted by atomic mass is 10.6. The number of aromatic carboxylic acids is 1. The van der Waals surface area contributed by atoms with Crippen LogP contribution in [0.25, 0.3) is 0 Å². The Bertz CT molecular complexity index is 343. The van der Waals surface area contributed by atoms with E-state index >= 15 is 0 Å². The fourth-order valence-corrected chi connectivity index (χ4v) is 0.625. The van der Waals surface area contributed by atoms with Gasteiger partial charge >= 0.3 is 5.97 Å². The summed E-state index contributed by atoms with van der Waals surface area (Å²) in [5.74, 6) is -1.27. The highest BCUT2D eigenvalue weighted by atomic mass is 16.4. The summed E-state index contributed by atoms with van der Waals surface area (Å²) in [6, 6.07) is 1.56. The Morgan fingerprint density at radius 3 is 2.29 bits per heavy atom. The van der Waals surface area contributed by atoms with Gasteiger partial charge in [-0.2, -0.15) is 0 Å². The maximum absolute atomic E-state index is 10.1. The van der Waals surface area contributed by atoms with Crippen molar-refractivity contribution >= 4 is 5.97 Å². The van der Waals surface area contributed by atoms with Crippen LogP contribution in [0.2, 0.25) is 0 Å². The van der Waals surface area contributed by atoms with Gasteiger partial charge in [0.15, 0.2) is 0 Å². The number of nitrogens with one attached hydrogen (secondary N) is 1. The molecule has 0 bridgehead atoms. The molecular formula is C8H8N4O2. The largest absolute Gasteiger partial charge is 0.475 e. The Morgan fingerprint density at radius 1 is 1.29 bits per heavy atom. The predicted octanol–water partition coefficient (Wildman–Crippen LogP) is 0.584. The van der Waals surface area contributed by atoms with Crippen molar-refractivity contribution in [2.24, 2.45) is 0 Å². The number of hydrogen-bond donors (Lipinski definition) is 2. The molecule has 0 atom stereocenters. The predicted molar refractivity (Wildman–Crippen MR) is 47.6 cm³/mol. The molecule has 6 heteroatoms. The molecule has 2 rings (SSSR count). The van der Waals surface area contributed by atoms with Crippen molar-refractivity contribution in [3.63, 3.8) is 0 Å². The summed E-state index contributed by atoms with van der Waals surface area (Å²) in [6.45, 7) is 0. The molecular weight excluding hydrogens is 184 g/mol. The standard InChI is InChI=1S/C5H4N2O2.C3H4N2/c8-5(9)4-6-2-1-3-7-4;1-2-5-3-4-1/h1-3H,(H,8,9);1-3H,(H,4,5). The molecule has 0 amide bonds. The number of aromatic amines is 1. The fourth-order valence-electron chi connectivity index (χ4n) is 0.625. The minimum absolute atomic E-state index is 0.169. The first-order valence-electron chi connectivity index (χ1n) is 3.74. The molecule has 0 unspecified atom stereocenters. The SMILES string of the molecule is O=C(O)c1ncccn1.c1c[nH]cn1. The molecule has 2 N–H and O–H groups in total. The van der Waals surface area contributed by atoms with Gasteiger partial charge in [0.25, 0.3) is 0 Å². The first-order chi connectivity index (χ1) is 6.80. The van der Waals surface area contributed by atoms with E-state index in [4.69, 9.17) is 5.11 Å². The molecule has 0 saturated heterocycles. The Labute approximate surface area is 79.7 Å². The summed E-state index contributed by atoms with van der Waals surface area (Å²) in [6.07, 6.45) is 7.85. The van der Waals surface area contributed by atoms with Gasteiger partial charge in [-0.25, -0.2) is 19.7 Å². The first-order valence-corrected chi connectivity index (χ1v) is 3.74. The van der Waals surface area contributed by atoms with E-state index in [0.29, 0.717) is 0 Å². The van der Waals surface area contributed by atoms with E-state index in [-0.39, 0.29) is 5.82 Å². The van der Waals surface area contributed by atoms with Crippen molar-refractivity contribution in [3.05, 3.63) is 43.0 Å². The van der Waals surface area contributed by atoms with Gasteiger partial charge in [0.2, 0.25) is 5.82 Å². The molecule has 0 radical (unpaired) electrons. The molecule has 0 saturated carbocycles. The molecule has 0 aliphatic rings. The highest BCUT2D eigenvalue weighted by Crippen LogP contribution is 1.84. The maximum Gasteiger partial charge on any atom is 0.373 e. The molecule has 2 heterocycles. The topological polar surface area (TPSA) is 91.8 Å². The van der Waals surface area contributed by atoms with Crippen molar-refractivity contribution in [3.8, 4) is 0 Å². The monoisotopic (exact) mass is 192 g/mol. The smallest absolute Gasteiger partial charge is 0.373 e. The van der Waals surface area contributed by atoms with Crippen LogP contribution >= 0.6 is 0 Å². The molecule has 0 aromatic carbocycles. The Balaban J connectivity index is 0.000000165. The average molecular weight is 192 g/mol. The van der Waals surface area contributed by atoms with Crippen molar-refractivity contribution < 1.29 is 9.90 Å². The van der Waals surface area contributed by atoms with E-state index in [1.54, 1.807) is 24.8 Å². The third kappa shape index (κ3) is 3.44. The van der Waals surface area contributed by atoms with Gasteiger partial charge in [0.05, 0.1) is 6.33 Å². The van der Waals surface area contributed by atoms with Crippen LogP contribution in [0.15, 0.2) is 37.2 Å². The average Bonchev–Trinajstić information content (AvgIpc) is 2.77. The number of carboxylic acid groups (broad SMARTS) is 1. The van der Waals surface area contributed by atoms with E-state index < -0.39 is 5.97 Å². The van der Waals surface area contributed by atoms with Crippen molar-refractivity contribution in [1.82, 2.24) is 19.9 Å². The minimum Gasteiger partial charge on any atom is -0.475 e. The number of rotatable bonds is 1. The summed E-state index contributed by atoms with van der Waals surface area (Å²) in [4.78, 5) is 23.4. The second-order valence-corrected chi connectivity index (χ2v) is 2.14. The lowest BCUT2D eigenvalue weighted by molar-refractivity contribution is 0.0683. The number of nitrogens with zero attached hydrogens (tertiary/aromatic N) is 3. The molecule has 0 fully saturated rings. The van der Waals surface area contributed by atoms with E-state index in [1.807, 2.05) is 0 Å². The van der Waals surface area contributed by atoms with Crippen molar-refractivity contribution in [1.29, 1.82) is 0 Å². The third-order valence-electron chi connectivity index (χ3n) is 1.16. The van der Waals surface area contributed by atoms with Crippen LogP contribution in [0.5, 0.6) is 0 Å². The zero-order valence-electron chi connectivity index (χ0n) is 7.16. The minimum atomic E-state index is -1.10. The number of carbonyl (C=O) groups is 1. The van der Waals surface area contributed by atoms with Gasteiger partial charge in [0, 0.05) is 24.8 Å². The number of imidazole rings is 1. The van der Waals surface area contributed by atoms with Crippen LogP contribution in [0.1, 0.15) is 10.6 Å². The number of carboxylic acids is 1. The van der Waals surface area contributed by atoms with Gasteiger partial charge in [-0.05, 0) is 6.07 Å². The Kier molecular flexibility index (Phi) is 3.81. The molecule has 0 aliphatic heterocycles. The number of hydrogen-bond acceptors (Lipinski definition) is 4. The van der Waals surface area contributed by atoms with Gasteiger partial charge < -0.3 is 10.1 Å². The lowest BCUT2D eigenvalue weighted by Gasteiger charge is -1.86. The van der Waals surface area contributed by atoms with Gasteiger partial charge in [-0.3, -0.25) is 0 Å². The van der Waals surface area contributed by atoms with Crippen LogP contribution in [0.4, 0.5) is 0 Å². The zero-order chi connectivity index (χ0) is 10.2. The summed E-state index contributed by atoms with van der Waals surface area (Å²) < 4.78 is 0. The van der Waals surface area contributed by atoms with E-state index in [9.17, 15) is 4.79 Å². The Hall–Kier alpha value is -2.24. The molecule has 0 aliphatic carbocycles. The summed E-state index contributed by atoms with van der Waals surface area (Å²) in [5, 5.41) is 8.26. The summed E-state index contributed by atoms with van der Waals surface area (Å²) in [5.41, 5.74) is 0. The molecule has 72 valence electrons. The van der Waals surface area contributed by atoms with Gasteiger partial charge in [0.1, 0.15) is 0 Å².